The third-order valence-corrected chi connectivity index (χ3v) is 4.11. The van der Waals surface area contributed by atoms with Gasteiger partial charge in [-0.15, -0.1) is 0 Å². The average Bonchev–Trinajstić information content (AvgIpc) is 2.57. The predicted octanol–water partition coefficient (Wildman–Crippen LogP) is 2.23. The Labute approximate surface area is 142 Å². The Morgan fingerprint density at radius 1 is 1.17 bits per heavy atom. The maximum absolute atomic E-state index is 12.0. The first-order chi connectivity index (χ1) is 11.5. The first-order valence-electron chi connectivity index (χ1n) is 8.53. The van der Waals surface area contributed by atoms with Crippen LogP contribution < -0.4 is 15.5 Å². The summed E-state index contributed by atoms with van der Waals surface area (Å²) in [5, 5.41) is 5.21. The second kappa shape index (κ2) is 8.47. The molecule has 0 aromatic heterocycles. The standard InChI is InChI=1S/C18H25N3O3/c1-3-4-5-10-19-17(23)18(24)20-15-9-8-14-7-6-11-21(13(2)22)16(14)12-15/h8-9,12H,3-7,10-11H2,1-2H3,(H,19,23)(H,20,24). The van der Waals surface area contributed by atoms with Crippen LogP contribution in [0.3, 0.4) is 0 Å². The number of nitrogens with one attached hydrogen (secondary N) is 2. The summed E-state index contributed by atoms with van der Waals surface area (Å²) in [7, 11) is 0. The summed E-state index contributed by atoms with van der Waals surface area (Å²) >= 11 is 0. The lowest BCUT2D eigenvalue weighted by atomic mass is 10.0. The Kier molecular flexibility index (Phi) is 6.35. The van der Waals surface area contributed by atoms with Crippen molar-refractivity contribution in [3.8, 4) is 0 Å². The molecule has 6 heteroatoms. The number of nitrogens with zero attached hydrogens (tertiary/aromatic N) is 1. The zero-order valence-corrected chi connectivity index (χ0v) is 14.4. The Bertz CT molecular complexity index is 628. The van der Waals surface area contributed by atoms with E-state index < -0.39 is 11.8 Å². The molecule has 1 heterocycles. The molecular weight excluding hydrogens is 306 g/mol. The molecule has 0 saturated carbocycles. The highest BCUT2D eigenvalue weighted by Gasteiger charge is 2.21. The van der Waals surface area contributed by atoms with Crippen LogP contribution in [0.5, 0.6) is 0 Å². The van der Waals surface area contributed by atoms with Crippen molar-refractivity contribution in [1.29, 1.82) is 0 Å². The van der Waals surface area contributed by atoms with Gasteiger partial charge in [0.05, 0.1) is 0 Å². The molecule has 1 aromatic rings. The fourth-order valence-corrected chi connectivity index (χ4v) is 2.82. The maximum atomic E-state index is 12.0. The zero-order valence-electron chi connectivity index (χ0n) is 14.4. The number of carbonyl (C=O) groups excluding carboxylic acids is 3. The van der Waals surface area contributed by atoms with E-state index in [2.05, 4.69) is 17.6 Å². The minimum atomic E-state index is -0.684. The number of anilines is 2. The lowest BCUT2D eigenvalue weighted by Gasteiger charge is -2.29. The van der Waals surface area contributed by atoms with Crippen LogP contribution in [0.4, 0.5) is 11.4 Å². The number of amides is 3. The Hall–Kier alpha value is -2.37. The molecule has 1 aliphatic rings. The molecule has 0 spiro atoms. The number of hydrogen-bond donors (Lipinski definition) is 2. The van der Waals surface area contributed by atoms with Gasteiger partial charge in [-0.1, -0.05) is 25.8 Å². The third kappa shape index (κ3) is 4.57. The van der Waals surface area contributed by atoms with E-state index in [1.165, 1.54) is 6.92 Å². The van der Waals surface area contributed by atoms with Crippen LogP contribution in [0.15, 0.2) is 18.2 Å². The predicted molar refractivity (Wildman–Crippen MR) is 94.0 cm³/mol. The molecule has 24 heavy (non-hydrogen) atoms. The van der Waals surface area contributed by atoms with Crippen molar-refractivity contribution in [2.75, 3.05) is 23.3 Å². The fraction of sp³-hybridized carbons (Fsp3) is 0.500. The highest BCUT2D eigenvalue weighted by Crippen LogP contribution is 2.30. The average molecular weight is 331 g/mol. The lowest BCUT2D eigenvalue weighted by molar-refractivity contribution is -0.136. The van der Waals surface area contributed by atoms with Crippen LogP contribution >= 0.6 is 0 Å². The van der Waals surface area contributed by atoms with Gasteiger partial charge < -0.3 is 15.5 Å². The molecule has 0 fully saturated rings. The van der Waals surface area contributed by atoms with Crippen LogP contribution in [0.25, 0.3) is 0 Å². The SMILES string of the molecule is CCCCCNC(=O)C(=O)Nc1ccc2c(c1)N(C(C)=O)CCC2. The molecule has 0 atom stereocenters. The number of fused-ring (bicyclic) bond motifs is 1. The summed E-state index contributed by atoms with van der Waals surface area (Å²) in [6.45, 7) is 4.79. The zero-order chi connectivity index (χ0) is 17.5. The number of unbranched alkanes of at least 4 members (excludes halogenated alkanes) is 2. The molecule has 1 aliphatic heterocycles. The van der Waals surface area contributed by atoms with E-state index in [1.807, 2.05) is 6.07 Å². The number of carbonyl (C=O) groups is 3. The van der Waals surface area contributed by atoms with Crippen molar-refractivity contribution >= 4 is 29.1 Å². The molecule has 0 bridgehead atoms. The number of hydrogen-bond acceptors (Lipinski definition) is 3. The van der Waals surface area contributed by atoms with E-state index in [4.69, 9.17) is 0 Å². The molecule has 3 amide bonds. The second-order valence-corrected chi connectivity index (χ2v) is 6.03. The van der Waals surface area contributed by atoms with E-state index in [0.29, 0.717) is 18.8 Å². The molecule has 0 saturated heterocycles. The normalized spacial score (nSPS) is 13.2. The van der Waals surface area contributed by atoms with E-state index in [1.54, 1.807) is 17.0 Å². The van der Waals surface area contributed by atoms with Gasteiger partial charge >= 0.3 is 11.8 Å². The molecule has 2 N–H and O–H groups in total. The second-order valence-electron chi connectivity index (χ2n) is 6.03. The summed E-state index contributed by atoms with van der Waals surface area (Å²) in [6.07, 6.45) is 4.78. The van der Waals surface area contributed by atoms with Crippen LogP contribution in [-0.2, 0) is 20.8 Å². The van der Waals surface area contributed by atoms with Crippen LogP contribution in [0.2, 0.25) is 0 Å². The van der Waals surface area contributed by atoms with Gasteiger partial charge in [0, 0.05) is 31.4 Å². The summed E-state index contributed by atoms with van der Waals surface area (Å²) in [5.74, 6) is -1.34. The lowest BCUT2D eigenvalue weighted by Crippen LogP contribution is -2.36. The third-order valence-electron chi connectivity index (χ3n) is 4.11. The maximum Gasteiger partial charge on any atom is 0.313 e. The first kappa shape index (κ1) is 18.0. The van der Waals surface area contributed by atoms with Gasteiger partial charge in [0.2, 0.25) is 5.91 Å². The molecule has 6 nitrogen and oxygen atoms in total. The van der Waals surface area contributed by atoms with Crippen molar-refractivity contribution in [2.24, 2.45) is 0 Å². The largest absolute Gasteiger partial charge is 0.348 e. The summed E-state index contributed by atoms with van der Waals surface area (Å²) < 4.78 is 0. The highest BCUT2D eigenvalue weighted by atomic mass is 16.2. The van der Waals surface area contributed by atoms with Gasteiger partial charge in [0.15, 0.2) is 0 Å². The van der Waals surface area contributed by atoms with Crippen molar-refractivity contribution in [3.63, 3.8) is 0 Å². The highest BCUT2D eigenvalue weighted by molar-refractivity contribution is 6.39. The van der Waals surface area contributed by atoms with Crippen LogP contribution in [0.1, 0.15) is 45.1 Å². The quantitative estimate of drug-likeness (QED) is 0.641. The molecule has 2 rings (SSSR count). The van der Waals surface area contributed by atoms with E-state index in [0.717, 1.165) is 43.4 Å². The topological polar surface area (TPSA) is 78.5 Å². The van der Waals surface area contributed by atoms with Gasteiger partial charge in [-0.25, -0.2) is 0 Å². The van der Waals surface area contributed by atoms with Gasteiger partial charge in [-0.2, -0.15) is 0 Å². The van der Waals surface area contributed by atoms with Crippen molar-refractivity contribution in [1.82, 2.24) is 5.32 Å². The smallest absolute Gasteiger partial charge is 0.313 e. The minimum absolute atomic E-state index is 0.0203. The summed E-state index contributed by atoms with van der Waals surface area (Å²) in [4.78, 5) is 37.2. The number of benzene rings is 1. The molecule has 0 aliphatic carbocycles. The van der Waals surface area contributed by atoms with E-state index in [-0.39, 0.29) is 5.91 Å². The van der Waals surface area contributed by atoms with Crippen molar-refractivity contribution < 1.29 is 14.4 Å². The summed E-state index contributed by atoms with van der Waals surface area (Å²) in [5.41, 5.74) is 2.42. The monoisotopic (exact) mass is 331 g/mol. The Morgan fingerprint density at radius 3 is 2.67 bits per heavy atom. The van der Waals surface area contributed by atoms with Crippen LogP contribution in [-0.4, -0.2) is 30.8 Å². The van der Waals surface area contributed by atoms with Crippen molar-refractivity contribution in [2.45, 2.75) is 46.0 Å². The van der Waals surface area contributed by atoms with Crippen molar-refractivity contribution in [3.05, 3.63) is 23.8 Å². The molecular formula is C18H25N3O3. The van der Waals surface area contributed by atoms with E-state index in [9.17, 15) is 14.4 Å². The minimum Gasteiger partial charge on any atom is -0.348 e. The van der Waals surface area contributed by atoms with Gasteiger partial charge in [0.1, 0.15) is 0 Å². The fourth-order valence-electron chi connectivity index (χ4n) is 2.82. The molecule has 0 radical (unpaired) electrons. The van der Waals surface area contributed by atoms with E-state index >= 15 is 0 Å². The Morgan fingerprint density at radius 2 is 1.96 bits per heavy atom. The van der Waals surface area contributed by atoms with Gasteiger partial charge in [-0.3, -0.25) is 14.4 Å². The Balaban J connectivity index is 2.00. The summed E-state index contributed by atoms with van der Waals surface area (Å²) in [6, 6.07) is 5.43. The number of rotatable bonds is 5. The molecule has 130 valence electrons. The molecule has 1 aromatic carbocycles. The first-order valence-corrected chi connectivity index (χ1v) is 8.53. The van der Waals surface area contributed by atoms with Gasteiger partial charge in [-0.05, 0) is 37.0 Å². The molecule has 0 unspecified atom stereocenters. The van der Waals surface area contributed by atoms with Gasteiger partial charge in [0.25, 0.3) is 0 Å². The van der Waals surface area contributed by atoms with Crippen LogP contribution in [0, 0.1) is 0 Å². The number of aryl methyl sites for hydroxylation is 1.